The number of carbonyl (C=O) groups excluding carboxylic acids is 1. The number of hydrogen-bond donors (Lipinski definition) is 1. The summed E-state index contributed by atoms with van der Waals surface area (Å²) in [6.45, 7) is 1.74. The third kappa shape index (κ3) is 4.28. The Morgan fingerprint density at radius 3 is 2.42 bits per heavy atom. The minimum absolute atomic E-state index is 0.167. The Labute approximate surface area is 117 Å². The first-order valence-corrected chi connectivity index (χ1v) is 7.60. The molecular formula is C14H19NO3S. The molecule has 0 spiro atoms. The molecule has 104 valence electrons. The van der Waals surface area contributed by atoms with Crippen molar-refractivity contribution in [1.82, 2.24) is 0 Å². The Balaban J connectivity index is 3.07. The van der Waals surface area contributed by atoms with Crippen LogP contribution in [0.3, 0.4) is 0 Å². The van der Waals surface area contributed by atoms with E-state index in [2.05, 4.69) is 0 Å². The van der Waals surface area contributed by atoms with Crippen molar-refractivity contribution in [3.63, 3.8) is 0 Å². The summed E-state index contributed by atoms with van der Waals surface area (Å²) in [5.74, 6) is -0.420. The second-order valence-electron chi connectivity index (χ2n) is 4.09. The number of para-hydroxylation sites is 1. The number of thioether (sulfide) groups is 1. The maximum Gasteiger partial charge on any atom is 0.326 e. The fourth-order valence-electron chi connectivity index (χ4n) is 1.85. The molecule has 4 nitrogen and oxygen atoms in total. The normalized spacial score (nSPS) is 11.9. The van der Waals surface area contributed by atoms with E-state index in [1.807, 2.05) is 12.3 Å². The van der Waals surface area contributed by atoms with Crippen molar-refractivity contribution in [1.29, 1.82) is 0 Å². The van der Waals surface area contributed by atoms with Gasteiger partial charge in [-0.25, -0.2) is 4.79 Å². The topological polar surface area (TPSA) is 57.6 Å². The van der Waals surface area contributed by atoms with Crippen molar-refractivity contribution in [3.05, 3.63) is 30.3 Å². The van der Waals surface area contributed by atoms with Gasteiger partial charge in [0.2, 0.25) is 5.91 Å². The second kappa shape index (κ2) is 7.84. The zero-order valence-electron chi connectivity index (χ0n) is 11.2. The zero-order valence-corrected chi connectivity index (χ0v) is 12.0. The molecule has 0 aromatic heterocycles. The molecule has 0 saturated heterocycles. The molecule has 19 heavy (non-hydrogen) atoms. The predicted molar refractivity (Wildman–Crippen MR) is 78.6 cm³/mol. The maximum absolute atomic E-state index is 12.1. The number of carboxylic acids is 1. The molecule has 1 amide bonds. The lowest BCUT2D eigenvalue weighted by molar-refractivity contribution is -0.140. The molecule has 0 unspecified atom stereocenters. The van der Waals surface area contributed by atoms with Gasteiger partial charge in [0.15, 0.2) is 0 Å². The van der Waals surface area contributed by atoms with Crippen molar-refractivity contribution in [2.45, 2.75) is 25.8 Å². The minimum atomic E-state index is -0.959. The number of nitrogens with zero attached hydrogens (tertiary/aromatic N) is 1. The SMILES string of the molecule is CCC(=O)N(c1ccccc1)[C@@H](CCSC)C(=O)O. The molecule has 1 aromatic carbocycles. The van der Waals surface area contributed by atoms with Crippen LogP contribution in [0.4, 0.5) is 5.69 Å². The molecule has 1 rings (SSSR count). The average Bonchev–Trinajstić information content (AvgIpc) is 2.43. The fraction of sp³-hybridized carbons (Fsp3) is 0.429. The number of aliphatic carboxylic acids is 1. The third-order valence-electron chi connectivity index (χ3n) is 2.80. The minimum Gasteiger partial charge on any atom is -0.480 e. The van der Waals surface area contributed by atoms with E-state index in [1.165, 1.54) is 4.90 Å². The molecule has 0 heterocycles. The van der Waals surface area contributed by atoms with Gasteiger partial charge in [-0.1, -0.05) is 25.1 Å². The smallest absolute Gasteiger partial charge is 0.326 e. The van der Waals surface area contributed by atoms with Crippen molar-refractivity contribution in [2.75, 3.05) is 16.9 Å². The van der Waals surface area contributed by atoms with Crippen LogP contribution in [0.5, 0.6) is 0 Å². The summed E-state index contributed by atoms with van der Waals surface area (Å²) in [5, 5.41) is 9.37. The van der Waals surface area contributed by atoms with E-state index in [0.29, 0.717) is 17.9 Å². The van der Waals surface area contributed by atoms with Gasteiger partial charge in [-0.2, -0.15) is 11.8 Å². The third-order valence-corrected chi connectivity index (χ3v) is 3.44. The Morgan fingerprint density at radius 2 is 1.95 bits per heavy atom. The summed E-state index contributed by atoms with van der Waals surface area (Å²) in [6.07, 6.45) is 2.66. The van der Waals surface area contributed by atoms with Crippen LogP contribution in [0, 0.1) is 0 Å². The van der Waals surface area contributed by atoms with Crippen LogP contribution >= 0.6 is 11.8 Å². The van der Waals surface area contributed by atoms with Crippen LogP contribution in [0.1, 0.15) is 19.8 Å². The molecule has 5 heteroatoms. The second-order valence-corrected chi connectivity index (χ2v) is 5.07. The number of benzene rings is 1. The first-order chi connectivity index (χ1) is 9.11. The van der Waals surface area contributed by atoms with Crippen LogP contribution in [0.15, 0.2) is 30.3 Å². The quantitative estimate of drug-likeness (QED) is 0.834. The van der Waals surface area contributed by atoms with E-state index in [0.717, 1.165) is 0 Å². The highest BCUT2D eigenvalue weighted by Gasteiger charge is 2.29. The summed E-state index contributed by atoms with van der Waals surface area (Å²) in [5.41, 5.74) is 0.642. The number of hydrogen-bond acceptors (Lipinski definition) is 3. The summed E-state index contributed by atoms with van der Waals surface area (Å²) >= 11 is 1.58. The van der Waals surface area contributed by atoms with Gasteiger partial charge in [-0.3, -0.25) is 9.69 Å². The van der Waals surface area contributed by atoms with Gasteiger partial charge < -0.3 is 5.11 Å². The fourth-order valence-corrected chi connectivity index (χ4v) is 2.31. The molecule has 0 aliphatic carbocycles. The van der Waals surface area contributed by atoms with Gasteiger partial charge in [0.05, 0.1) is 0 Å². The number of anilines is 1. The molecule has 0 aliphatic rings. The zero-order chi connectivity index (χ0) is 14.3. The van der Waals surface area contributed by atoms with Gasteiger partial charge in [0.1, 0.15) is 6.04 Å². The molecule has 0 bridgehead atoms. The maximum atomic E-state index is 12.1. The summed E-state index contributed by atoms with van der Waals surface area (Å²) < 4.78 is 0. The average molecular weight is 281 g/mol. The standard InChI is InChI=1S/C14H19NO3S/c1-3-13(16)15(11-7-5-4-6-8-11)12(14(17)18)9-10-19-2/h4-8,12H,3,9-10H2,1-2H3,(H,17,18)/t12-/m0/s1. The van der Waals surface area contributed by atoms with Crippen molar-refractivity contribution >= 4 is 29.3 Å². The van der Waals surface area contributed by atoms with E-state index in [-0.39, 0.29) is 12.3 Å². The van der Waals surface area contributed by atoms with Crippen molar-refractivity contribution < 1.29 is 14.7 Å². The number of rotatable bonds is 7. The highest BCUT2D eigenvalue weighted by atomic mass is 32.2. The Bertz CT molecular complexity index is 422. The molecule has 0 fully saturated rings. The lowest BCUT2D eigenvalue weighted by atomic mass is 10.1. The van der Waals surface area contributed by atoms with Crippen LogP contribution in [0.25, 0.3) is 0 Å². The lowest BCUT2D eigenvalue weighted by Crippen LogP contribution is -2.45. The number of carbonyl (C=O) groups is 2. The first-order valence-electron chi connectivity index (χ1n) is 6.20. The molecule has 0 saturated carbocycles. The van der Waals surface area contributed by atoms with Crippen LogP contribution < -0.4 is 4.90 Å². The summed E-state index contributed by atoms with van der Waals surface area (Å²) in [6, 6.07) is 8.18. The largest absolute Gasteiger partial charge is 0.480 e. The Hall–Kier alpha value is -1.49. The van der Waals surface area contributed by atoms with Crippen molar-refractivity contribution in [3.8, 4) is 0 Å². The van der Waals surface area contributed by atoms with E-state index in [4.69, 9.17) is 0 Å². The first kappa shape index (κ1) is 15.6. The van der Waals surface area contributed by atoms with E-state index in [9.17, 15) is 14.7 Å². The van der Waals surface area contributed by atoms with Crippen LogP contribution in [-0.2, 0) is 9.59 Å². The lowest BCUT2D eigenvalue weighted by Gasteiger charge is -2.28. The molecular weight excluding hydrogens is 262 g/mol. The van der Waals surface area contributed by atoms with E-state index < -0.39 is 12.0 Å². The molecule has 0 aliphatic heterocycles. The Kier molecular flexibility index (Phi) is 6.42. The van der Waals surface area contributed by atoms with Gasteiger partial charge in [-0.15, -0.1) is 0 Å². The monoisotopic (exact) mass is 281 g/mol. The summed E-state index contributed by atoms with van der Waals surface area (Å²) in [4.78, 5) is 24.9. The molecule has 0 radical (unpaired) electrons. The highest BCUT2D eigenvalue weighted by molar-refractivity contribution is 7.98. The van der Waals surface area contributed by atoms with Crippen LogP contribution in [-0.4, -0.2) is 35.0 Å². The van der Waals surface area contributed by atoms with E-state index >= 15 is 0 Å². The Morgan fingerprint density at radius 1 is 1.32 bits per heavy atom. The van der Waals surface area contributed by atoms with Gasteiger partial charge >= 0.3 is 5.97 Å². The molecule has 1 aromatic rings. The number of carboxylic acid groups (broad SMARTS) is 1. The van der Waals surface area contributed by atoms with Gasteiger partial charge in [-0.05, 0) is 30.6 Å². The van der Waals surface area contributed by atoms with Crippen LogP contribution in [0.2, 0.25) is 0 Å². The highest BCUT2D eigenvalue weighted by Crippen LogP contribution is 2.20. The van der Waals surface area contributed by atoms with E-state index in [1.54, 1.807) is 43.0 Å². The molecule has 1 atom stereocenters. The summed E-state index contributed by atoms with van der Waals surface area (Å²) in [7, 11) is 0. The van der Waals surface area contributed by atoms with Gasteiger partial charge in [0, 0.05) is 12.1 Å². The van der Waals surface area contributed by atoms with Crippen molar-refractivity contribution in [2.24, 2.45) is 0 Å². The molecule has 1 N–H and O–H groups in total. The number of amides is 1. The van der Waals surface area contributed by atoms with Gasteiger partial charge in [0.25, 0.3) is 0 Å². The predicted octanol–water partition coefficient (Wildman–Crippen LogP) is 2.64.